The molecule has 0 amide bonds. The van der Waals surface area contributed by atoms with E-state index in [2.05, 4.69) is 14.8 Å². The van der Waals surface area contributed by atoms with Crippen molar-refractivity contribution >= 4 is 32.0 Å². The molecule has 0 aliphatic rings. The summed E-state index contributed by atoms with van der Waals surface area (Å²) in [5, 5.41) is 5.27. The third kappa shape index (κ3) is 3.25. The Hall–Kier alpha value is -2.00. The molecule has 0 fully saturated rings. The minimum absolute atomic E-state index is 0.0372. The molecule has 0 aliphatic heterocycles. The first-order chi connectivity index (χ1) is 11.7. The minimum atomic E-state index is -3.91. The standard InChI is InChI=1S/C16H19FN4O2S2/c1-5-13-15(21-16(18-13)24-14(19-21)9(2)3)25(22,23)20-11-6-7-12(17)10(4)8-11/h6-9,20H,5H2,1-4H3. The number of fused-ring (bicyclic) bond motifs is 1. The third-order valence-electron chi connectivity index (χ3n) is 3.74. The number of nitrogens with one attached hydrogen (secondary N) is 1. The molecule has 3 rings (SSSR count). The minimum Gasteiger partial charge on any atom is -0.278 e. The fourth-order valence-corrected chi connectivity index (χ4v) is 4.80. The van der Waals surface area contributed by atoms with Crippen LogP contribution in [0.1, 0.15) is 43.0 Å². The van der Waals surface area contributed by atoms with Gasteiger partial charge in [-0.1, -0.05) is 32.1 Å². The molecule has 3 aromatic rings. The van der Waals surface area contributed by atoms with Crippen LogP contribution in [0.15, 0.2) is 23.2 Å². The van der Waals surface area contributed by atoms with E-state index in [4.69, 9.17) is 0 Å². The molecule has 134 valence electrons. The summed E-state index contributed by atoms with van der Waals surface area (Å²) in [7, 11) is -3.91. The SMILES string of the molecule is CCc1nc2sc(C(C)C)nn2c1S(=O)(=O)Nc1ccc(F)c(C)c1. The second kappa shape index (κ2) is 6.38. The Morgan fingerprint density at radius 3 is 2.68 bits per heavy atom. The predicted octanol–water partition coefficient (Wildman–Crippen LogP) is 3.72. The number of nitrogens with zero attached hydrogens (tertiary/aromatic N) is 3. The lowest BCUT2D eigenvalue weighted by Gasteiger charge is -2.09. The number of hydrogen-bond donors (Lipinski definition) is 1. The van der Waals surface area contributed by atoms with Crippen molar-refractivity contribution in [3.05, 3.63) is 40.3 Å². The van der Waals surface area contributed by atoms with Gasteiger partial charge >= 0.3 is 0 Å². The van der Waals surface area contributed by atoms with Crippen LogP contribution in [-0.4, -0.2) is 23.0 Å². The average Bonchev–Trinajstić information content (AvgIpc) is 3.07. The molecule has 0 unspecified atom stereocenters. The number of halogens is 1. The van der Waals surface area contributed by atoms with Gasteiger partial charge in [0, 0.05) is 11.6 Å². The van der Waals surface area contributed by atoms with Crippen LogP contribution in [0.5, 0.6) is 0 Å². The smallest absolute Gasteiger partial charge is 0.278 e. The Bertz CT molecular complexity index is 1040. The molecule has 1 N–H and O–H groups in total. The van der Waals surface area contributed by atoms with Crippen molar-refractivity contribution in [2.45, 2.75) is 45.1 Å². The lowest BCUT2D eigenvalue weighted by molar-refractivity contribution is 0.590. The van der Waals surface area contributed by atoms with Crippen LogP contribution in [0, 0.1) is 12.7 Å². The van der Waals surface area contributed by atoms with E-state index in [9.17, 15) is 12.8 Å². The van der Waals surface area contributed by atoms with Crippen LogP contribution < -0.4 is 4.72 Å². The molecule has 6 nitrogen and oxygen atoms in total. The third-order valence-corrected chi connectivity index (χ3v) is 6.37. The molecule has 0 atom stereocenters. The highest BCUT2D eigenvalue weighted by Crippen LogP contribution is 2.28. The summed E-state index contributed by atoms with van der Waals surface area (Å²) >= 11 is 1.38. The van der Waals surface area contributed by atoms with E-state index in [1.807, 2.05) is 20.8 Å². The molecule has 0 bridgehead atoms. The van der Waals surface area contributed by atoms with Crippen molar-refractivity contribution in [2.75, 3.05) is 4.72 Å². The van der Waals surface area contributed by atoms with Gasteiger partial charge in [-0.3, -0.25) is 4.72 Å². The lowest BCUT2D eigenvalue weighted by atomic mass is 10.2. The van der Waals surface area contributed by atoms with E-state index in [0.717, 1.165) is 5.01 Å². The molecule has 9 heteroatoms. The van der Waals surface area contributed by atoms with E-state index in [1.165, 1.54) is 34.1 Å². The number of anilines is 1. The van der Waals surface area contributed by atoms with Gasteiger partial charge in [-0.05, 0) is 37.1 Å². The fourth-order valence-electron chi connectivity index (χ4n) is 2.43. The summed E-state index contributed by atoms with van der Waals surface area (Å²) in [5.74, 6) is -0.204. The Morgan fingerprint density at radius 1 is 1.36 bits per heavy atom. The summed E-state index contributed by atoms with van der Waals surface area (Å²) in [4.78, 5) is 4.97. The topological polar surface area (TPSA) is 76.4 Å². The van der Waals surface area contributed by atoms with Crippen molar-refractivity contribution < 1.29 is 12.8 Å². The maximum absolute atomic E-state index is 13.4. The van der Waals surface area contributed by atoms with E-state index in [1.54, 1.807) is 6.92 Å². The summed E-state index contributed by atoms with van der Waals surface area (Å²) in [6.07, 6.45) is 0.464. The second-order valence-corrected chi connectivity index (χ2v) is 8.66. The average molecular weight is 382 g/mol. The summed E-state index contributed by atoms with van der Waals surface area (Å²) in [6.45, 7) is 7.41. The summed E-state index contributed by atoms with van der Waals surface area (Å²) in [6, 6.07) is 4.08. The Morgan fingerprint density at radius 2 is 2.08 bits per heavy atom. The number of rotatable bonds is 5. The molecule has 2 aromatic heterocycles. The molecular formula is C16H19FN4O2S2. The first kappa shape index (κ1) is 17.8. The quantitative estimate of drug-likeness (QED) is 0.729. The maximum Gasteiger partial charge on any atom is 0.281 e. The van der Waals surface area contributed by atoms with E-state index >= 15 is 0 Å². The van der Waals surface area contributed by atoms with Crippen molar-refractivity contribution in [3.63, 3.8) is 0 Å². The number of aromatic nitrogens is 3. The van der Waals surface area contributed by atoms with Gasteiger partial charge in [0.05, 0.1) is 5.69 Å². The van der Waals surface area contributed by atoms with Crippen LogP contribution in [0.4, 0.5) is 10.1 Å². The molecule has 1 aromatic carbocycles. The number of aryl methyl sites for hydroxylation is 2. The molecule has 25 heavy (non-hydrogen) atoms. The first-order valence-electron chi connectivity index (χ1n) is 7.90. The van der Waals surface area contributed by atoms with Crippen molar-refractivity contribution in [1.29, 1.82) is 0 Å². The highest BCUT2D eigenvalue weighted by Gasteiger charge is 2.27. The van der Waals surface area contributed by atoms with Gasteiger partial charge in [-0.2, -0.15) is 18.0 Å². The van der Waals surface area contributed by atoms with Crippen molar-refractivity contribution in [3.8, 4) is 0 Å². The van der Waals surface area contributed by atoms with Gasteiger partial charge in [0.1, 0.15) is 10.8 Å². The van der Waals surface area contributed by atoms with Crippen molar-refractivity contribution in [2.24, 2.45) is 0 Å². The molecular weight excluding hydrogens is 363 g/mol. The van der Waals surface area contributed by atoms with Crippen LogP contribution >= 0.6 is 11.3 Å². The summed E-state index contributed by atoms with van der Waals surface area (Å²) in [5.41, 5.74) is 1.13. The predicted molar refractivity (Wildman–Crippen MR) is 96.3 cm³/mol. The highest BCUT2D eigenvalue weighted by molar-refractivity contribution is 7.92. The van der Waals surface area contributed by atoms with Gasteiger partial charge < -0.3 is 0 Å². The normalized spacial score (nSPS) is 12.2. The van der Waals surface area contributed by atoms with Crippen molar-refractivity contribution in [1.82, 2.24) is 14.6 Å². The number of hydrogen-bond acceptors (Lipinski definition) is 5. The van der Waals surface area contributed by atoms with E-state index in [0.29, 0.717) is 28.3 Å². The van der Waals surface area contributed by atoms with Crippen LogP contribution in [0.25, 0.3) is 4.96 Å². The number of sulfonamides is 1. The Kier molecular flexibility index (Phi) is 4.54. The first-order valence-corrected chi connectivity index (χ1v) is 10.2. The zero-order valence-electron chi connectivity index (χ0n) is 14.4. The molecule has 0 spiro atoms. The fraction of sp³-hybridized carbons (Fsp3) is 0.375. The van der Waals surface area contributed by atoms with Crippen LogP contribution in [-0.2, 0) is 16.4 Å². The molecule has 0 aliphatic carbocycles. The molecule has 0 radical (unpaired) electrons. The molecule has 0 saturated carbocycles. The van der Waals surface area contributed by atoms with Crippen LogP contribution in [0.3, 0.4) is 0 Å². The van der Waals surface area contributed by atoms with Gasteiger partial charge in [0.15, 0.2) is 0 Å². The van der Waals surface area contributed by atoms with Gasteiger partial charge in [-0.15, -0.1) is 0 Å². The van der Waals surface area contributed by atoms with Gasteiger partial charge in [0.25, 0.3) is 10.0 Å². The highest BCUT2D eigenvalue weighted by atomic mass is 32.2. The maximum atomic E-state index is 13.4. The summed E-state index contributed by atoms with van der Waals surface area (Å²) < 4.78 is 43.2. The largest absolute Gasteiger partial charge is 0.281 e. The van der Waals surface area contributed by atoms with Gasteiger partial charge in [-0.25, -0.2) is 9.37 Å². The molecule has 0 saturated heterocycles. The van der Waals surface area contributed by atoms with Gasteiger partial charge in [0.2, 0.25) is 9.99 Å². The monoisotopic (exact) mass is 382 g/mol. The van der Waals surface area contributed by atoms with Crippen LogP contribution in [0.2, 0.25) is 0 Å². The second-order valence-electron chi connectivity index (χ2n) is 6.08. The number of imidazole rings is 1. The zero-order chi connectivity index (χ0) is 18.4. The molecule has 2 heterocycles. The van der Waals surface area contributed by atoms with E-state index in [-0.39, 0.29) is 16.8 Å². The Labute approximate surface area is 149 Å². The van der Waals surface area contributed by atoms with E-state index < -0.39 is 10.0 Å². The Balaban J connectivity index is 2.10. The number of benzene rings is 1. The lowest BCUT2D eigenvalue weighted by Crippen LogP contribution is -2.17. The zero-order valence-corrected chi connectivity index (χ0v) is 16.0.